The highest BCUT2D eigenvalue weighted by Crippen LogP contribution is 2.29. The summed E-state index contributed by atoms with van der Waals surface area (Å²) in [5.41, 5.74) is 2.19. The van der Waals surface area contributed by atoms with Crippen molar-refractivity contribution in [2.24, 2.45) is 0 Å². The van der Waals surface area contributed by atoms with E-state index in [0.717, 1.165) is 5.56 Å². The summed E-state index contributed by atoms with van der Waals surface area (Å²) < 4.78 is 33.0. The Morgan fingerprint density at radius 2 is 1.96 bits per heavy atom. The van der Waals surface area contributed by atoms with E-state index in [0.29, 0.717) is 47.2 Å². The van der Waals surface area contributed by atoms with E-state index >= 15 is 0 Å². The molecular formula is C19H19N3O4S2. The molecule has 0 atom stereocenters. The molecule has 0 spiro atoms. The van der Waals surface area contributed by atoms with Crippen LogP contribution in [0, 0.1) is 6.92 Å². The van der Waals surface area contributed by atoms with Crippen molar-refractivity contribution in [1.82, 2.24) is 9.29 Å². The molecule has 1 aliphatic heterocycles. The zero-order chi connectivity index (χ0) is 19.7. The average Bonchev–Trinajstić information content (AvgIpc) is 3.10. The van der Waals surface area contributed by atoms with E-state index in [2.05, 4.69) is 10.3 Å². The van der Waals surface area contributed by atoms with Crippen molar-refractivity contribution in [3.63, 3.8) is 0 Å². The Morgan fingerprint density at radius 1 is 1.18 bits per heavy atom. The van der Waals surface area contributed by atoms with Gasteiger partial charge in [0.25, 0.3) is 5.91 Å². The molecule has 1 saturated heterocycles. The Kier molecular flexibility index (Phi) is 5.15. The van der Waals surface area contributed by atoms with Crippen molar-refractivity contribution < 1.29 is 17.9 Å². The SMILES string of the molecule is Cc1cccc(C(=O)Nc2nc3ccc(S(=O)(=O)N4CCOCC4)cc3s2)c1. The Morgan fingerprint density at radius 3 is 2.71 bits per heavy atom. The van der Waals surface area contributed by atoms with E-state index in [1.807, 2.05) is 19.1 Å². The zero-order valence-corrected chi connectivity index (χ0v) is 16.8. The number of rotatable bonds is 4. The fraction of sp³-hybridized carbons (Fsp3) is 0.263. The average molecular weight is 418 g/mol. The summed E-state index contributed by atoms with van der Waals surface area (Å²) in [6, 6.07) is 12.1. The molecular weight excluding hydrogens is 398 g/mol. The van der Waals surface area contributed by atoms with Gasteiger partial charge in [-0.15, -0.1) is 0 Å². The number of carbonyl (C=O) groups is 1. The Hall–Kier alpha value is -2.33. The van der Waals surface area contributed by atoms with Crippen LogP contribution >= 0.6 is 11.3 Å². The van der Waals surface area contributed by atoms with Crippen LogP contribution in [0.4, 0.5) is 5.13 Å². The molecule has 1 fully saturated rings. The Labute approximate surface area is 167 Å². The summed E-state index contributed by atoms with van der Waals surface area (Å²) in [6.45, 7) is 3.42. The van der Waals surface area contributed by atoms with Gasteiger partial charge >= 0.3 is 0 Å². The zero-order valence-electron chi connectivity index (χ0n) is 15.2. The van der Waals surface area contributed by atoms with Gasteiger partial charge in [0.05, 0.1) is 28.3 Å². The smallest absolute Gasteiger partial charge is 0.257 e. The number of aromatic nitrogens is 1. The number of carbonyl (C=O) groups excluding carboxylic acids is 1. The molecule has 1 N–H and O–H groups in total. The molecule has 0 aliphatic carbocycles. The Bertz CT molecular complexity index is 1140. The quantitative estimate of drug-likeness (QED) is 0.705. The summed E-state index contributed by atoms with van der Waals surface area (Å²) in [7, 11) is -3.57. The fourth-order valence-corrected chi connectivity index (χ4v) is 5.42. The highest BCUT2D eigenvalue weighted by atomic mass is 32.2. The van der Waals surface area contributed by atoms with Gasteiger partial charge < -0.3 is 4.74 Å². The first-order chi connectivity index (χ1) is 13.4. The fourth-order valence-electron chi connectivity index (χ4n) is 3.01. The normalized spacial score (nSPS) is 15.6. The topological polar surface area (TPSA) is 88.6 Å². The third kappa shape index (κ3) is 3.79. The number of nitrogens with one attached hydrogen (secondary N) is 1. The molecule has 0 unspecified atom stereocenters. The number of anilines is 1. The first-order valence-corrected chi connectivity index (χ1v) is 11.1. The number of thiazole rings is 1. The number of sulfonamides is 1. The molecule has 2 heterocycles. The maximum atomic E-state index is 12.8. The monoisotopic (exact) mass is 417 g/mol. The molecule has 1 aliphatic rings. The van der Waals surface area contributed by atoms with Crippen LogP contribution in [0.2, 0.25) is 0 Å². The van der Waals surface area contributed by atoms with Crippen LogP contribution in [0.5, 0.6) is 0 Å². The van der Waals surface area contributed by atoms with E-state index in [-0.39, 0.29) is 10.8 Å². The molecule has 1 aromatic heterocycles. The van der Waals surface area contributed by atoms with E-state index in [1.165, 1.54) is 15.6 Å². The van der Waals surface area contributed by atoms with Crippen LogP contribution in [-0.2, 0) is 14.8 Å². The van der Waals surface area contributed by atoms with E-state index in [1.54, 1.807) is 30.3 Å². The first-order valence-electron chi connectivity index (χ1n) is 8.80. The molecule has 0 saturated carbocycles. The van der Waals surface area contributed by atoms with Gasteiger partial charge in [-0.3, -0.25) is 10.1 Å². The van der Waals surface area contributed by atoms with Crippen LogP contribution in [-0.4, -0.2) is 49.9 Å². The highest BCUT2D eigenvalue weighted by Gasteiger charge is 2.26. The minimum Gasteiger partial charge on any atom is -0.379 e. The molecule has 0 bridgehead atoms. The van der Waals surface area contributed by atoms with Gasteiger partial charge in [-0.05, 0) is 37.3 Å². The molecule has 0 radical (unpaired) electrons. The first kappa shape index (κ1) is 19.0. The number of fused-ring (bicyclic) bond motifs is 1. The second kappa shape index (κ2) is 7.59. The lowest BCUT2D eigenvalue weighted by Gasteiger charge is -2.25. The number of hydrogen-bond acceptors (Lipinski definition) is 6. The van der Waals surface area contributed by atoms with Crippen molar-refractivity contribution in [3.8, 4) is 0 Å². The summed E-state index contributed by atoms with van der Waals surface area (Å²) in [4.78, 5) is 17.0. The molecule has 28 heavy (non-hydrogen) atoms. The summed E-state index contributed by atoms with van der Waals surface area (Å²) in [5.74, 6) is -0.246. The maximum Gasteiger partial charge on any atom is 0.257 e. The van der Waals surface area contributed by atoms with Gasteiger partial charge in [0.15, 0.2) is 5.13 Å². The lowest BCUT2D eigenvalue weighted by molar-refractivity contribution is 0.0730. The van der Waals surface area contributed by atoms with Gasteiger partial charge in [-0.2, -0.15) is 4.31 Å². The van der Waals surface area contributed by atoms with E-state index in [4.69, 9.17) is 4.74 Å². The van der Waals surface area contributed by atoms with Crippen molar-refractivity contribution in [1.29, 1.82) is 0 Å². The second-order valence-corrected chi connectivity index (χ2v) is 9.46. The largest absolute Gasteiger partial charge is 0.379 e. The highest BCUT2D eigenvalue weighted by molar-refractivity contribution is 7.89. The number of hydrogen-bond donors (Lipinski definition) is 1. The molecule has 7 nitrogen and oxygen atoms in total. The Balaban J connectivity index is 1.59. The lowest BCUT2D eigenvalue weighted by atomic mass is 10.1. The second-order valence-electron chi connectivity index (χ2n) is 6.49. The van der Waals surface area contributed by atoms with Gasteiger partial charge in [-0.25, -0.2) is 13.4 Å². The minimum atomic E-state index is -3.57. The molecule has 1 amide bonds. The maximum absolute atomic E-state index is 12.8. The predicted molar refractivity (Wildman–Crippen MR) is 108 cm³/mol. The predicted octanol–water partition coefficient (Wildman–Crippen LogP) is 2.88. The third-order valence-electron chi connectivity index (χ3n) is 4.47. The van der Waals surface area contributed by atoms with Crippen LogP contribution < -0.4 is 5.32 Å². The van der Waals surface area contributed by atoms with Crippen molar-refractivity contribution in [3.05, 3.63) is 53.6 Å². The molecule has 3 aromatic rings. The van der Waals surface area contributed by atoms with Crippen LogP contribution in [0.25, 0.3) is 10.2 Å². The lowest BCUT2D eigenvalue weighted by Crippen LogP contribution is -2.40. The van der Waals surface area contributed by atoms with Crippen molar-refractivity contribution in [2.75, 3.05) is 31.6 Å². The number of morpholine rings is 1. The number of ether oxygens (including phenoxy) is 1. The van der Waals surface area contributed by atoms with Gasteiger partial charge in [0, 0.05) is 18.7 Å². The van der Waals surface area contributed by atoms with Crippen LogP contribution in [0.1, 0.15) is 15.9 Å². The number of aryl methyl sites for hydroxylation is 1. The van der Waals surface area contributed by atoms with E-state index in [9.17, 15) is 13.2 Å². The van der Waals surface area contributed by atoms with Crippen molar-refractivity contribution in [2.45, 2.75) is 11.8 Å². The van der Waals surface area contributed by atoms with Crippen molar-refractivity contribution >= 4 is 42.6 Å². The number of nitrogens with zero attached hydrogens (tertiary/aromatic N) is 2. The number of benzene rings is 2. The summed E-state index contributed by atoms with van der Waals surface area (Å²) >= 11 is 1.25. The summed E-state index contributed by atoms with van der Waals surface area (Å²) in [5, 5.41) is 3.22. The van der Waals surface area contributed by atoms with Crippen LogP contribution in [0.15, 0.2) is 47.4 Å². The van der Waals surface area contributed by atoms with Gasteiger partial charge in [0.1, 0.15) is 0 Å². The van der Waals surface area contributed by atoms with Crippen LogP contribution in [0.3, 0.4) is 0 Å². The standard InChI is InChI=1S/C19H19N3O4S2/c1-13-3-2-4-14(11-13)18(23)21-19-20-16-6-5-15(12-17(16)27-19)28(24,25)22-7-9-26-10-8-22/h2-6,11-12H,7-10H2,1H3,(H,20,21,23). The van der Waals surface area contributed by atoms with Gasteiger partial charge in [-0.1, -0.05) is 29.0 Å². The molecule has 146 valence electrons. The third-order valence-corrected chi connectivity index (χ3v) is 7.30. The van der Waals surface area contributed by atoms with E-state index < -0.39 is 10.0 Å². The molecule has 4 rings (SSSR count). The van der Waals surface area contributed by atoms with Gasteiger partial charge in [0.2, 0.25) is 10.0 Å². The minimum absolute atomic E-state index is 0.224. The molecule has 9 heteroatoms. The number of amides is 1. The summed E-state index contributed by atoms with van der Waals surface area (Å²) in [6.07, 6.45) is 0. The molecule has 2 aromatic carbocycles.